The van der Waals surface area contributed by atoms with Crippen LogP contribution in [0.25, 0.3) is 0 Å². The van der Waals surface area contributed by atoms with Gasteiger partial charge in [-0.05, 0) is 42.3 Å². The normalized spacial score (nSPS) is 16.0. The Labute approximate surface area is 173 Å². The maximum atomic E-state index is 13.2. The number of rotatable bonds is 7. The second-order valence-corrected chi connectivity index (χ2v) is 7.63. The molecule has 5 nitrogen and oxygen atoms in total. The van der Waals surface area contributed by atoms with Crippen molar-refractivity contribution in [3.05, 3.63) is 71.0 Å². The van der Waals surface area contributed by atoms with Crippen LogP contribution >= 0.6 is 0 Å². The molecular weight excluding hydrogens is 365 g/mol. The van der Waals surface area contributed by atoms with Gasteiger partial charge in [-0.25, -0.2) is 4.39 Å². The van der Waals surface area contributed by atoms with E-state index in [9.17, 15) is 4.39 Å². The Kier molecular flexibility index (Phi) is 8.02. The van der Waals surface area contributed by atoms with Gasteiger partial charge >= 0.3 is 0 Å². The first-order chi connectivity index (χ1) is 14.1. The average Bonchev–Trinajstić information content (AvgIpc) is 2.73. The number of guanidine groups is 1. The first-order valence-electron chi connectivity index (χ1n) is 10.3. The van der Waals surface area contributed by atoms with Crippen LogP contribution < -0.4 is 10.6 Å². The van der Waals surface area contributed by atoms with Crippen LogP contribution in [0.15, 0.2) is 53.5 Å². The number of halogens is 1. The third kappa shape index (κ3) is 7.15. The van der Waals surface area contributed by atoms with E-state index in [0.717, 1.165) is 50.7 Å². The minimum absolute atomic E-state index is 0.193. The molecule has 1 fully saturated rings. The Balaban J connectivity index is 1.40. The minimum atomic E-state index is -0.193. The molecular formula is C23H32FN5. The number of nitrogens with one attached hydrogen (secondary N) is 2. The molecule has 2 aromatic rings. The fourth-order valence-electron chi connectivity index (χ4n) is 3.45. The van der Waals surface area contributed by atoms with Gasteiger partial charge in [0.15, 0.2) is 5.96 Å². The summed E-state index contributed by atoms with van der Waals surface area (Å²) in [5.41, 5.74) is 3.56. The first kappa shape index (κ1) is 21.3. The summed E-state index contributed by atoms with van der Waals surface area (Å²) in [6.07, 6.45) is 0.749. The molecule has 0 unspecified atom stereocenters. The lowest BCUT2D eigenvalue weighted by Gasteiger charge is -2.32. The van der Waals surface area contributed by atoms with E-state index in [-0.39, 0.29) is 5.82 Å². The molecule has 0 spiro atoms. The van der Waals surface area contributed by atoms with E-state index < -0.39 is 0 Å². The summed E-state index contributed by atoms with van der Waals surface area (Å²) in [6.45, 7) is 7.00. The SMILES string of the molecule is CN=C(NCCc1cccc(F)c1)NCc1ccc(CN2CCN(C)CC2)cc1. The van der Waals surface area contributed by atoms with E-state index >= 15 is 0 Å². The van der Waals surface area contributed by atoms with Crippen molar-refractivity contribution in [2.45, 2.75) is 19.5 Å². The van der Waals surface area contributed by atoms with Gasteiger partial charge in [-0.2, -0.15) is 0 Å². The summed E-state index contributed by atoms with van der Waals surface area (Å²) in [7, 11) is 3.94. The molecule has 1 aliphatic rings. The van der Waals surface area contributed by atoms with E-state index in [0.29, 0.717) is 13.1 Å². The fourth-order valence-corrected chi connectivity index (χ4v) is 3.45. The highest BCUT2D eigenvalue weighted by molar-refractivity contribution is 5.79. The molecule has 3 rings (SSSR count). The number of benzene rings is 2. The fraction of sp³-hybridized carbons (Fsp3) is 0.435. The van der Waals surface area contributed by atoms with Crippen molar-refractivity contribution in [2.75, 3.05) is 46.8 Å². The Hall–Kier alpha value is -2.44. The Bertz CT molecular complexity index is 782. The van der Waals surface area contributed by atoms with Crippen molar-refractivity contribution in [3.63, 3.8) is 0 Å². The molecule has 1 aliphatic heterocycles. The largest absolute Gasteiger partial charge is 0.356 e. The summed E-state index contributed by atoms with van der Waals surface area (Å²) in [5.74, 6) is 0.559. The van der Waals surface area contributed by atoms with E-state index in [1.54, 1.807) is 19.2 Å². The zero-order valence-electron chi connectivity index (χ0n) is 17.5. The van der Waals surface area contributed by atoms with Crippen molar-refractivity contribution in [2.24, 2.45) is 4.99 Å². The lowest BCUT2D eigenvalue weighted by atomic mass is 10.1. The maximum Gasteiger partial charge on any atom is 0.191 e. The Morgan fingerprint density at radius 2 is 1.69 bits per heavy atom. The molecule has 2 aromatic carbocycles. The topological polar surface area (TPSA) is 42.9 Å². The van der Waals surface area contributed by atoms with Crippen molar-refractivity contribution in [3.8, 4) is 0 Å². The van der Waals surface area contributed by atoms with Gasteiger partial charge in [0.25, 0.3) is 0 Å². The number of hydrogen-bond donors (Lipinski definition) is 2. The van der Waals surface area contributed by atoms with E-state index in [4.69, 9.17) is 0 Å². The van der Waals surface area contributed by atoms with Crippen molar-refractivity contribution in [1.29, 1.82) is 0 Å². The average molecular weight is 398 g/mol. The molecule has 0 atom stereocenters. The lowest BCUT2D eigenvalue weighted by molar-refractivity contribution is 0.148. The van der Waals surface area contributed by atoms with Crippen molar-refractivity contribution >= 4 is 5.96 Å². The van der Waals surface area contributed by atoms with Crippen LogP contribution in [0.5, 0.6) is 0 Å². The Morgan fingerprint density at radius 3 is 2.38 bits per heavy atom. The van der Waals surface area contributed by atoms with E-state index in [1.165, 1.54) is 17.2 Å². The van der Waals surface area contributed by atoms with Gasteiger partial charge in [0.1, 0.15) is 5.82 Å². The highest BCUT2D eigenvalue weighted by Crippen LogP contribution is 2.10. The first-order valence-corrected chi connectivity index (χ1v) is 10.3. The highest BCUT2D eigenvalue weighted by atomic mass is 19.1. The van der Waals surface area contributed by atoms with Gasteiger partial charge in [-0.1, -0.05) is 36.4 Å². The third-order valence-corrected chi connectivity index (χ3v) is 5.30. The molecule has 29 heavy (non-hydrogen) atoms. The van der Waals surface area contributed by atoms with Crippen molar-refractivity contribution < 1.29 is 4.39 Å². The Morgan fingerprint density at radius 1 is 0.966 bits per heavy atom. The third-order valence-electron chi connectivity index (χ3n) is 5.30. The number of likely N-dealkylation sites (N-methyl/N-ethyl adjacent to an activating group) is 1. The predicted octanol–water partition coefficient (Wildman–Crippen LogP) is 2.48. The van der Waals surface area contributed by atoms with Gasteiger partial charge in [-0.15, -0.1) is 0 Å². The quantitative estimate of drug-likeness (QED) is 0.557. The molecule has 2 N–H and O–H groups in total. The van der Waals surface area contributed by atoms with Gasteiger partial charge in [0.2, 0.25) is 0 Å². The molecule has 0 amide bonds. The summed E-state index contributed by atoms with van der Waals surface area (Å²) >= 11 is 0. The monoisotopic (exact) mass is 397 g/mol. The smallest absolute Gasteiger partial charge is 0.191 e. The lowest BCUT2D eigenvalue weighted by Crippen LogP contribution is -2.43. The molecule has 0 radical (unpaired) electrons. The molecule has 0 saturated carbocycles. The molecule has 0 aliphatic carbocycles. The molecule has 0 bridgehead atoms. The second kappa shape index (κ2) is 10.9. The summed E-state index contributed by atoms with van der Waals surface area (Å²) < 4.78 is 13.2. The molecule has 1 saturated heterocycles. The van der Waals surface area contributed by atoms with Crippen LogP contribution in [0, 0.1) is 5.82 Å². The van der Waals surface area contributed by atoms with E-state index in [1.807, 2.05) is 6.07 Å². The molecule has 156 valence electrons. The number of aliphatic imine (C=N–C) groups is 1. The standard InChI is InChI=1S/C23H32FN5/c1-25-23(26-11-10-19-4-3-5-22(24)16-19)27-17-20-6-8-21(9-7-20)18-29-14-12-28(2)13-15-29/h3-9,16H,10-15,17-18H2,1-2H3,(H2,25,26,27). The highest BCUT2D eigenvalue weighted by Gasteiger charge is 2.13. The molecule has 6 heteroatoms. The van der Waals surface area contributed by atoms with Crippen LogP contribution in [0.1, 0.15) is 16.7 Å². The van der Waals surface area contributed by atoms with Crippen LogP contribution in [0.3, 0.4) is 0 Å². The van der Waals surface area contributed by atoms with Gasteiger partial charge in [0, 0.05) is 52.9 Å². The number of piperazine rings is 1. The van der Waals surface area contributed by atoms with Gasteiger partial charge in [-0.3, -0.25) is 9.89 Å². The van der Waals surface area contributed by atoms with Gasteiger partial charge < -0.3 is 15.5 Å². The van der Waals surface area contributed by atoms with Crippen LogP contribution in [-0.2, 0) is 19.5 Å². The summed E-state index contributed by atoms with van der Waals surface area (Å²) in [4.78, 5) is 9.15. The van der Waals surface area contributed by atoms with Crippen LogP contribution in [0.4, 0.5) is 4.39 Å². The number of hydrogen-bond acceptors (Lipinski definition) is 3. The van der Waals surface area contributed by atoms with E-state index in [2.05, 4.69) is 56.7 Å². The summed E-state index contributed by atoms with van der Waals surface area (Å²) in [6, 6.07) is 15.5. The predicted molar refractivity (Wildman–Crippen MR) is 118 cm³/mol. The minimum Gasteiger partial charge on any atom is -0.356 e. The summed E-state index contributed by atoms with van der Waals surface area (Å²) in [5, 5.41) is 6.62. The van der Waals surface area contributed by atoms with Crippen LogP contribution in [-0.4, -0.2) is 62.6 Å². The second-order valence-electron chi connectivity index (χ2n) is 7.63. The van der Waals surface area contributed by atoms with Crippen LogP contribution in [0.2, 0.25) is 0 Å². The van der Waals surface area contributed by atoms with Crippen molar-refractivity contribution in [1.82, 2.24) is 20.4 Å². The number of nitrogens with zero attached hydrogens (tertiary/aromatic N) is 3. The zero-order chi connectivity index (χ0) is 20.5. The maximum absolute atomic E-state index is 13.2. The zero-order valence-corrected chi connectivity index (χ0v) is 17.5. The molecule has 1 heterocycles. The molecule has 0 aromatic heterocycles. The van der Waals surface area contributed by atoms with Gasteiger partial charge in [0.05, 0.1) is 0 Å².